The van der Waals surface area contributed by atoms with Crippen LogP contribution in [0.5, 0.6) is 0 Å². The zero-order chi connectivity index (χ0) is 23.1. The third-order valence-corrected chi connectivity index (χ3v) is 4.51. The number of nitrogens with one attached hydrogen (secondary N) is 1. The fraction of sp³-hybridized carbons (Fsp3) is 0.143. The molecule has 4 aromatic rings. The third kappa shape index (κ3) is 4.32. The van der Waals surface area contributed by atoms with Crippen LogP contribution in [0.2, 0.25) is 0 Å². The summed E-state index contributed by atoms with van der Waals surface area (Å²) in [6, 6.07) is 8.70. The largest absolute Gasteiger partial charge is 0.418 e. The number of aryl methyl sites for hydroxylation is 1. The van der Waals surface area contributed by atoms with Crippen LogP contribution in [0, 0.1) is 6.92 Å². The third-order valence-electron chi connectivity index (χ3n) is 4.51. The van der Waals surface area contributed by atoms with Crippen molar-refractivity contribution in [2.24, 2.45) is 0 Å². The van der Waals surface area contributed by atoms with E-state index in [9.17, 15) is 26.3 Å². The highest BCUT2D eigenvalue weighted by Crippen LogP contribution is 2.36. The Hall–Kier alpha value is -3.76. The minimum absolute atomic E-state index is 0.0119. The minimum atomic E-state index is -4.61. The summed E-state index contributed by atoms with van der Waals surface area (Å²) >= 11 is 0. The maximum Gasteiger partial charge on any atom is 0.418 e. The van der Waals surface area contributed by atoms with E-state index in [1.807, 2.05) is 0 Å². The zero-order valence-corrected chi connectivity index (χ0v) is 16.3. The summed E-state index contributed by atoms with van der Waals surface area (Å²) in [6.45, 7) is 1.65. The number of halogens is 6. The van der Waals surface area contributed by atoms with E-state index in [2.05, 4.69) is 25.3 Å². The van der Waals surface area contributed by atoms with Crippen molar-refractivity contribution < 1.29 is 26.3 Å². The Morgan fingerprint density at radius 2 is 1.62 bits per heavy atom. The van der Waals surface area contributed by atoms with Crippen molar-refractivity contribution in [3.63, 3.8) is 0 Å². The second-order valence-electron chi connectivity index (χ2n) is 6.83. The quantitative estimate of drug-likeness (QED) is 0.379. The number of hydrogen-bond donors (Lipinski definition) is 1. The fourth-order valence-electron chi connectivity index (χ4n) is 3.08. The molecule has 1 N–H and O–H groups in total. The number of anilines is 2. The lowest BCUT2D eigenvalue weighted by atomic mass is 10.1. The average molecular weight is 449 g/mol. The lowest BCUT2D eigenvalue weighted by Gasteiger charge is -2.13. The molecule has 32 heavy (non-hydrogen) atoms. The number of hydrogen-bond acceptors (Lipinski definition) is 5. The average Bonchev–Trinajstić information content (AvgIpc) is 2.72. The van der Waals surface area contributed by atoms with E-state index in [0.717, 1.165) is 12.1 Å². The molecule has 11 heteroatoms. The van der Waals surface area contributed by atoms with Gasteiger partial charge in [-0.15, -0.1) is 0 Å². The van der Waals surface area contributed by atoms with Crippen LogP contribution in [0.25, 0.3) is 22.4 Å². The van der Waals surface area contributed by atoms with Crippen LogP contribution in [0.3, 0.4) is 0 Å². The van der Waals surface area contributed by atoms with Gasteiger partial charge in [-0.1, -0.05) is 0 Å². The summed E-state index contributed by atoms with van der Waals surface area (Å²) in [5.74, 6) is 0.151. The molecule has 164 valence electrons. The second kappa shape index (κ2) is 7.74. The molecule has 4 aromatic heterocycles. The smallest absolute Gasteiger partial charge is 0.340 e. The molecule has 0 atom stereocenters. The molecule has 0 saturated carbocycles. The van der Waals surface area contributed by atoms with E-state index >= 15 is 0 Å². The van der Waals surface area contributed by atoms with Crippen molar-refractivity contribution in [3.05, 3.63) is 71.7 Å². The lowest BCUT2D eigenvalue weighted by Crippen LogP contribution is -2.09. The van der Waals surface area contributed by atoms with Gasteiger partial charge in [0.2, 0.25) is 0 Å². The summed E-state index contributed by atoms with van der Waals surface area (Å²) in [7, 11) is 0. The van der Waals surface area contributed by atoms with Gasteiger partial charge in [0.1, 0.15) is 11.5 Å². The van der Waals surface area contributed by atoms with Gasteiger partial charge < -0.3 is 5.32 Å². The predicted molar refractivity (Wildman–Crippen MR) is 105 cm³/mol. The maximum absolute atomic E-state index is 13.3. The van der Waals surface area contributed by atoms with Crippen molar-refractivity contribution in [1.82, 2.24) is 19.9 Å². The molecule has 4 heterocycles. The number of aromatic nitrogens is 4. The SMILES string of the molecule is Cc1cc(Nc2ccc(C(F)(F)F)cn2)c2ccc(-c3ncccc3C(F)(F)F)nc2n1. The second-order valence-corrected chi connectivity index (χ2v) is 6.83. The van der Waals surface area contributed by atoms with E-state index in [4.69, 9.17) is 0 Å². The molecule has 5 nitrogen and oxygen atoms in total. The van der Waals surface area contributed by atoms with E-state index in [1.165, 1.54) is 30.5 Å². The highest BCUT2D eigenvalue weighted by atomic mass is 19.4. The minimum Gasteiger partial charge on any atom is -0.340 e. The Morgan fingerprint density at radius 1 is 0.844 bits per heavy atom. The Kier molecular flexibility index (Phi) is 5.19. The molecule has 0 aliphatic heterocycles. The molecule has 0 spiro atoms. The van der Waals surface area contributed by atoms with Crippen LogP contribution in [-0.2, 0) is 12.4 Å². The van der Waals surface area contributed by atoms with E-state index in [1.54, 1.807) is 13.0 Å². The van der Waals surface area contributed by atoms with E-state index < -0.39 is 23.5 Å². The van der Waals surface area contributed by atoms with Crippen molar-refractivity contribution in [2.45, 2.75) is 19.3 Å². The number of fused-ring (bicyclic) bond motifs is 1. The summed E-state index contributed by atoms with van der Waals surface area (Å²) in [5.41, 5.74) is -1.07. The molecule has 4 rings (SSSR count). The summed E-state index contributed by atoms with van der Waals surface area (Å²) in [5, 5.41) is 3.36. The van der Waals surface area contributed by atoms with Crippen LogP contribution < -0.4 is 5.32 Å². The summed E-state index contributed by atoms with van der Waals surface area (Å²) in [4.78, 5) is 16.1. The lowest BCUT2D eigenvalue weighted by molar-refractivity contribution is -0.138. The molecule has 0 unspecified atom stereocenters. The van der Waals surface area contributed by atoms with E-state index in [0.29, 0.717) is 23.0 Å². The first kappa shape index (κ1) is 21.5. The number of alkyl halides is 6. The molecule has 0 aliphatic carbocycles. The summed E-state index contributed by atoms with van der Waals surface area (Å²) < 4.78 is 78.3. The first-order chi connectivity index (χ1) is 15.0. The zero-order valence-electron chi connectivity index (χ0n) is 16.3. The Morgan fingerprint density at radius 3 is 2.28 bits per heavy atom. The van der Waals surface area contributed by atoms with Gasteiger partial charge in [0, 0.05) is 23.5 Å². The van der Waals surface area contributed by atoms with Gasteiger partial charge in [-0.3, -0.25) is 4.98 Å². The maximum atomic E-state index is 13.3. The van der Waals surface area contributed by atoms with Crippen LogP contribution in [-0.4, -0.2) is 19.9 Å². The number of rotatable bonds is 3. The van der Waals surface area contributed by atoms with Gasteiger partial charge in [-0.2, -0.15) is 26.3 Å². The standard InChI is InChI=1S/C21H13F6N5/c1-11-9-16(31-17-7-4-12(10-29-17)20(22,23)24)13-5-6-15(32-19(13)30-11)18-14(21(25,26)27)3-2-8-28-18/h2-10H,1H3,(H,29,30,31,32). The fourth-order valence-corrected chi connectivity index (χ4v) is 3.08. The van der Waals surface area contributed by atoms with Crippen molar-refractivity contribution in [2.75, 3.05) is 5.32 Å². The molecule has 0 fully saturated rings. The van der Waals surface area contributed by atoms with E-state index in [-0.39, 0.29) is 22.9 Å². The Balaban J connectivity index is 1.75. The normalized spacial score (nSPS) is 12.2. The van der Waals surface area contributed by atoms with Crippen LogP contribution >= 0.6 is 0 Å². The molecular weight excluding hydrogens is 436 g/mol. The number of pyridine rings is 4. The topological polar surface area (TPSA) is 63.6 Å². The molecule has 0 aliphatic rings. The molecule has 0 aromatic carbocycles. The molecule has 0 saturated heterocycles. The monoisotopic (exact) mass is 449 g/mol. The van der Waals surface area contributed by atoms with Gasteiger partial charge in [0.05, 0.1) is 22.5 Å². The predicted octanol–water partition coefficient (Wildman–Crippen LogP) is 6.18. The molecule has 0 bridgehead atoms. The highest BCUT2D eigenvalue weighted by Gasteiger charge is 2.34. The van der Waals surface area contributed by atoms with Gasteiger partial charge in [0.25, 0.3) is 0 Å². The van der Waals surface area contributed by atoms with Crippen LogP contribution in [0.15, 0.2) is 54.9 Å². The number of nitrogens with zero attached hydrogens (tertiary/aromatic N) is 4. The van der Waals surface area contributed by atoms with Crippen molar-refractivity contribution in [1.29, 1.82) is 0 Å². The first-order valence-corrected chi connectivity index (χ1v) is 9.13. The van der Waals surface area contributed by atoms with Gasteiger partial charge in [0.15, 0.2) is 5.65 Å². The van der Waals surface area contributed by atoms with Crippen LogP contribution in [0.1, 0.15) is 16.8 Å². The Bertz CT molecular complexity index is 1280. The molecule has 0 amide bonds. The van der Waals surface area contributed by atoms with Crippen LogP contribution in [0.4, 0.5) is 37.8 Å². The van der Waals surface area contributed by atoms with Crippen molar-refractivity contribution in [3.8, 4) is 11.4 Å². The molecule has 0 radical (unpaired) electrons. The summed E-state index contributed by atoms with van der Waals surface area (Å²) in [6.07, 6.45) is -7.17. The highest BCUT2D eigenvalue weighted by molar-refractivity contribution is 5.92. The van der Waals surface area contributed by atoms with Crippen molar-refractivity contribution >= 4 is 22.5 Å². The molecular formula is C21H13F6N5. The van der Waals surface area contributed by atoms with Gasteiger partial charge >= 0.3 is 12.4 Å². The van der Waals surface area contributed by atoms with Gasteiger partial charge in [-0.05, 0) is 49.4 Å². The van der Waals surface area contributed by atoms with Gasteiger partial charge in [-0.25, -0.2) is 15.0 Å². The first-order valence-electron chi connectivity index (χ1n) is 9.13. The Labute approximate surface area is 177 Å².